The number of esters is 4. The molecule has 0 aliphatic rings. The van der Waals surface area contributed by atoms with Crippen LogP contribution >= 0.6 is 15.6 Å². The molecule has 0 bridgehead atoms. The lowest BCUT2D eigenvalue weighted by molar-refractivity contribution is -0.161. The van der Waals surface area contributed by atoms with Crippen LogP contribution in [0.2, 0.25) is 0 Å². The van der Waals surface area contributed by atoms with Gasteiger partial charge in [-0.1, -0.05) is 311 Å². The molecule has 0 aliphatic carbocycles. The predicted octanol–water partition coefficient (Wildman–Crippen LogP) is 20.4. The lowest BCUT2D eigenvalue weighted by atomic mass is 9.99. The molecule has 3 unspecified atom stereocenters. The molecular weight excluding hydrogens is 1190 g/mol. The van der Waals surface area contributed by atoms with Gasteiger partial charge in [-0.25, -0.2) is 9.13 Å². The minimum Gasteiger partial charge on any atom is -0.462 e. The molecule has 0 spiro atoms. The fourth-order valence-corrected chi connectivity index (χ4v) is 12.3. The summed E-state index contributed by atoms with van der Waals surface area (Å²) in [6.45, 7) is 9.54. The molecule has 0 radical (unpaired) electrons. The van der Waals surface area contributed by atoms with E-state index in [1.807, 2.05) is 0 Å². The molecule has 0 aromatic rings. The number of carbonyl (C=O) groups is 4. The number of carbonyl (C=O) groups excluding carboxylic acids is 4. The van der Waals surface area contributed by atoms with Crippen LogP contribution in [-0.4, -0.2) is 96.7 Å². The second kappa shape index (κ2) is 63.1. The summed E-state index contributed by atoms with van der Waals surface area (Å²) >= 11 is 0. The van der Waals surface area contributed by atoms with Gasteiger partial charge in [-0.15, -0.1) is 0 Å². The number of phosphoric acid groups is 2. The third kappa shape index (κ3) is 63.5. The van der Waals surface area contributed by atoms with E-state index in [9.17, 15) is 43.2 Å². The van der Waals surface area contributed by atoms with Gasteiger partial charge in [-0.2, -0.15) is 0 Å². The van der Waals surface area contributed by atoms with Crippen LogP contribution in [0.15, 0.2) is 0 Å². The van der Waals surface area contributed by atoms with E-state index in [0.29, 0.717) is 31.6 Å². The Morgan fingerprint density at radius 3 is 0.844 bits per heavy atom. The number of unbranched alkanes of at least 4 members (excludes halogenated alkanes) is 39. The van der Waals surface area contributed by atoms with Crippen molar-refractivity contribution in [2.45, 2.75) is 381 Å². The lowest BCUT2D eigenvalue weighted by Crippen LogP contribution is -2.30. The summed E-state index contributed by atoms with van der Waals surface area (Å²) < 4.78 is 68.3. The number of hydrogen-bond donors (Lipinski definition) is 3. The molecule has 0 fully saturated rings. The van der Waals surface area contributed by atoms with Crippen molar-refractivity contribution in [3.63, 3.8) is 0 Å². The Morgan fingerprint density at radius 2 is 0.567 bits per heavy atom. The normalized spacial score (nSPS) is 14.4. The quantitative estimate of drug-likeness (QED) is 0.0222. The zero-order valence-corrected chi connectivity index (χ0v) is 60.2. The zero-order valence-electron chi connectivity index (χ0n) is 58.4. The van der Waals surface area contributed by atoms with Crippen LogP contribution in [0.3, 0.4) is 0 Å². The summed E-state index contributed by atoms with van der Waals surface area (Å²) in [4.78, 5) is 72.5. The molecule has 0 rings (SSSR count). The zero-order chi connectivity index (χ0) is 66.5. The number of aliphatic hydroxyl groups is 1. The minimum absolute atomic E-state index is 0.104. The summed E-state index contributed by atoms with van der Waals surface area (Å²) in [7, 11) is -9.90. The van der Waals surface area contributed by atoms with Crippen LogP contribution in [-0.2, 0) is 65.4 Å². The van der Waals surface area contributed by atoms with Gasteiger partial charge in [0.25, 0.3) is 0 Å². The predicted molar refractivity (Wildman–Crippen MR) is 363 cm³/mol. The van der Waals surface area contributed by atoms with Crippen molar-refractivity contribution in [1.82, 2.24) is 0 Å². The molecule has 0 aliphatic heterocycles. The van der Waals surface area contributed by atoms with E-state index < -0.39 is 97.5 Å². The molecule has 19 heteroatoms. The van der Waals surface area contributed by atoms with Gasteiger partial charge < -0.3 is 33.8 Å². The first-order valence-corrected chi connectivity index (χ1v) is 40.0. The maximum Gasteiger partial charge on any atom is 0.472 e. The first-order chi connectivity index (χ1) is 43.4. The Hall–Kier alpha value is -1.94. The Bertz CT molecular complexity index is 1750. The average Bonchev–Trinajstić information content (AvgIpc) is 3.68. The number of hydrogen-bond acceptors (Lipinski definition) is 15. The second-order valence-electron chi connectivity index (χ2n) is 26.3. The summed E-state index contributed by atoms with van der Waals surface area (Å²) in [6.07, 6.45) is 48.5. The van der Waals surface area contributed by atoms with Crippen molar-refractivity contribution >= 4 is 39.5 Å². The molecular formula is C71H138O17P2. The Labute approximate surface area is 549 Å². The van der Waals surface area contributed by atoms with Crippen LogP contribution in [0.5, 0.6) is 0 Å². The van der Waals surface area contributed by atoms with Crippen molar-refractivity contribution < 1.29 is 80.2 Å². The van der Waals surface area contributed by atoms with E-state index >= 15 is 0 Å². The van der Waals surface area contributed by atoms with Gasteiger partial charge in [0, 0.05) is 25.7 Å². The third-order valence-electron chi connectivity index (χ3n) is 16.8. The SMILES string of the molecule is CCCCCCCCCCCCCCC(=O)OC[C@H](COP(=O)(O)OC[C@@H](O)COP(=O)(O)OC[C@@H](COC(=O)CCCCCCCCCCCC)OC(=O)CCCCCCCCCC(C)C)OC(=O)CCCCCCCCCCCCCCCCC(C)CC. The Morgan fingerprint density at radius 1 is 0.322 bits per heavy atom. The fraction of sp³-hybridized carbons (Fsp3) is 0.944. The van der Waals surface area contributed by atoms with Crippen molar-refractivity contribution in [2.75, 3.05) is 39.6 Å². The van der Waals surface area contributed by atoms with Crippen molar-refractivity contribution in [3.05, 3.63) is 0 Å². The van der Waals surface area contributed by atoms with Gasteiger partial charge in [-0.3, -0.25) is 37.3 Å². The van der Waals surface area contributed by atoms with Gasteiger partial charge in [-0.05, 0) is 37.5 Å². The first kappa shape index (κ1) is 88.1. The highest BCUT2D eigenvalue weighted by atomic mass is 31.2. The lowest BCUT2D eigenvalue weighted by Gasteiger charge is -2.21. The number of phosphoric ester groups is 2. The molecule has 0 saturated heterocycles. The van der Waals surface area contributed by atoms with Crippen LogP contribution in [0.1, 0.15) is 363 Å². The standard InChI is InChI=1S/C71H138O17P2/c1-7-10-12-14-16-18-20-26-30-36-42-48-54-69(74)82-59-66(87-70(75)55-49-43-37-31-27-24-22-21-23-25-28-34-40-46-52-64(6)9-3)61-85-89(77,78)83-57-65(72)58-84-90(79,80)86-62-67(88-71(76)56-50-44-38-32-33-39-45-51-63(4)5)60-81-68(73)53-47-41-35-29-19-17-15-13-11-8-2/h63-67,72H,7-62H2,1-6H3,(H,77,78)(H,79,80)/t64?,65-,66-,67-/m1/s1. The second-order valence-corrected chi connectivity index (χ2v) is 29.3. The molecule has 0 saturated carbocycles. The number of ether oxygens (including phenoxy) is 4. The highest BCUT2D eigenvalue weighted by molar-refractivity contribution is 7.47. The van der Waals surface area contributed by atoms with Crippen molar-refractivity contribution in [2.24, 2.45) is 11.8 Å². The van der Waals surface area contributed by atoms with Gasteiger partial charge >= 0.3 is 39.5 Å². The average molecular weight is 1330 g/mol. The number of aliphatic hydroxyl groups excluding tert-OH is 1. The van der Waals surface area contributed by atoms with E-state index in [4.69, 9.17) is 37.0 Å². The Balaban J connectivity index is 5.22. The minimum atomic E-state index is -4.95. The smallest absolute Gasteiger partial charge is 0.462 e. The largest absolute Gasteiger partial charge is 0.472 e. The molecule has 534 valence electrons. The van der Waals surface area contributed by atoms with Crippen molar-refractivity contribution in [3.8, 4) is 0 Å². The molecule has 0 aromatic heterocycles. The fourth-order valence-electron chi connectivity index (χ4n) is 10.7. The highest BCUT2D eigenvalue weighted by Crippen LogP contribution is 2.45. The van der Waals surface area contributed by atoms with E-state index in [2.05, 4.69) is 41.5 Å². The maximum atomic E-state index is 13.0. The van der Waals surface area contributed by atoms with E-state index in [1.54, 1.807) is 0 Å². The molecule has 3 N–H and O–H groups in total. The topological polar surface area (TPSA) is 237 Å². The van der Waals surface area contributed by atoms with Gasteiger partial charge in [0.2, 0.25) is 0 Å². The molecule has 90 heavy (non-hydrogen) atoms. The number of rotatable bonds is 70. The van der Waals surface area contributed by atoms with Crippen LogP contribution in [0, 0.1) is 11.8 Å². The van der Waals surface area contributed by atoms with Gasteiger partial charge in [0.05, 0.1) is 26.4 Å². The van der Waals surface area contributed by atoms with E-state index in [-0.39, 0.29) is 25.7 Å². The van der Waals surface area contributed by atoms with Crippen molar-refractivity contribution in [1.29, 1.82) is 0 Å². The first-order valence-electron chi connectivity index (χ1n) is 37.0. The van der Waals surface area contributed by atoms with E-state index in [1.165, 1.54) is 180 Å². The summed E-state index contributed by atoms with van der Waals surface area (Å²) in [5, 5.41) is 10.6. The molecule has 17 nitrogen and oxygen atoms in total. The van der Waals surface area contributed by atoms with Gasteiger partial charge in [0.15, 0.2) is 12.2 Å². The maximum absolute atomic E-state index is 13.0. The summed E-state index contributed by atoms with van der Waals surface area (Å²) in [6, 6.07) is 0. The molecule has 6 atom stereocenters. The molecule has 0 heterocycles. The molecule has 0 aromatic carbocycles. The highest BCUT2D eigenvalue weighted by Gasteiger charge is 2.30. The van der Waals surface area contributed by atoms with Crippen LogP contribution in [0.4, 0.5) is 0 Å². The van der Waals surface area contributed by atoms with Crippen LogP contribution in [0.25, 0.3) is 0 Å². The monoisotopic (exact) mass is 1320 g/mol. The van der Waals surface area contributed by atoms with E-state index in [0.717, 1.165) is 95.8 Å². The summed E-state index contributed by atoms with van der Waals surface area (Å²) in [5.41, 5.74) is 0. The van der Waals surface area contributed by atoms with Crippen LogP contribution < -0.4 is 0 Å². The summed E-state index contributed by atoms with van der Waals surface area (Å²) in [5.74, 6) is -0.582. The third-order valence-corrected chi connectivity index (χ3v) is 18.7. The van der Waals surface area contributed by atoms with Gasteiger partial charge in [0.1, 0.15) is 19.3 Å². The molecule has 0 amide bonds. The Kier molecular flexibility index (Phi) is 61.8.